The fourth-order valence-corrected chi connectivity index (χ4v) is 3.46. The van der Waals surface area contributed by atoms with Gasteiger partial charge in [-0.1, -0.05) is 12.1 Å². The lowest BCUT2D eigenvalue weighted by Crippen LogP contribution is -2.60. The average Bonchev–Trinajstić information content (AvgIpc) is 3.08. The molecule has 1 atom stereocenters. The van der Waals surface area contributed by atoms with Gasteiger partial charge in [0.15, 0.2) is 0 Å². The molecule has 0 fully saturated rings. The van der Waals surface area contributed by atoms with Crippen molar-refractivity contribution in [2.75, 3.05) is 7.05 Å². The van der Waals surface area contributed by atoms with Crippen LogP contribution >= 0.6 is 11.3 Å². The van der Waals surface area contributed by atoms with Crippen LogP contribution in [-0.2, 0) is 16.9 Å². The average molecular weight is 414 g/mol. The minimum atomic E-state index is -5.19. The molecule has 148 valence electrons. The van der Waals surface area contributed by atoms with Gasteiger partial charge in [-0.05, 0) is 29.1 Å². The van der Waals surface area contributed by atoms with Crippen molar-refractivity contribution in [2.24, 2.45) is 5.73 Å². The Hall–Kier alpha value is -2.79. The first kappa shape index (κ1) is 20.0. The lowest BCUT2D eigenvalue weighted by molar-refractivity contribution is -0.200. The highest BCUT2D eigenvalue weighted by atomic mass is 32.1. The first-order valence-corrected chi connectivity index (χ1v) is 8.75. The molecule has 3 rings (SSSR count). The molecule has 0 spiro atoms. The third-order valence-corrected chi connectivity index (χ3v) is 5.06. The summed E-state index contributed by atoms with van der Waals surface area (Å²) >= 11 is 1.16. The fraction of sp³-hybridized carbons (Fsp3) is 0.235. The molecule has 2 heterocycles. The largest absolute Gasteiger partial charge is 0.419 e. The predicted molar refractivity (Wildman–Crippen MR) is 95.0 cm³/mol. The van der Waals surface area contributed by atoms with Gasteiger partial charge in [0.1, 0.15) is 16.3 Å². The van der Waals surface area contributed by atoms with Crippen molar-refractivity contribution in [3.8, 4) is 0 Å². The second kappa shape index (κ2) is 6.99. The number of carbonyl (C=O) groups excluding carboxylic acids is 1. The monoisotopic (exact) mass is 414 g/mol. The molecule has 11 heteroatoms. The van der Waals surface area contributed by atoms with E-state index in [4.69, 9.17) is 5.73 Å². The number of hydrogen-bond donors (Lipinski definition) is 2. The zero-order valence-electron chi connectivity index (χ0n) is 14.4. The van der Waals surface area contributed by atoms with Gasteiger partial charge in [-0.15, -0.1) is 11.3 Å². The van der Waals surface area contributed by atoms with E-state index >= 15 is 0 Å². The number of thiophene rings is 1. The van der Waals surface area contributed by atoms with Crippen LogP contribution in [0.3, 0.4) is 0 Å². The number of amides is 1. The number of nitrogens with zero attached hydrogens (tertiary/aromatic N) is 2. The zero-order valence-corrected chi connectivity index (χ0v) is 15.2. The van der Waals surface area contributed by atoms with Crippen molar-refractivity contribution in [1.29, 1.82) is 0 Å². The van der Waals surface area contributed by atoms with Crippen molar-refractivity contribution >= 4 is 27.5 Å². The number of likely N-dealkylation sites (N-methyl/N-ethyl adjacent to an activating group) is 1. The summed E-state index contributed by atoms with van der Waals surface area (Å²) < 4.78 is 55.0. The second-order valence-corrected chi connectivity index (χ2v) is 7.04. The SMILES string of the molecule is CN(Cc1nc2ccsc2c(=O)[nH]1)C(=O)[C@](N)(c1cccc(F)c1)C(F)(F)F. The number of aromatic nitrogens is 2. The van der Waals surface area contributed by atoms with E-state index in [1.807, 2.05) is 0 Å². The molecule has 1 amide bonds. The van der Waals surface area contributed by atoms with Crippen LogP contribution in [-0.4, -0.2) is 34.0 Å². The maximum atomic E-state index is 13.7. The van der Waals surface area contributed by atoms with E-state index in [-0.39, 0.29) is 5.82 Å². The van der Waals surface area contributed by atoms with E-state index in [1.54, 1.807) is 11.4 Å². The lowest BCUT2D eigenvalue weighted by Gasteiger charge is -2.34. The quantitative estimate of drug-likeness (QED) is 0.642. The van der Waals surface area contributed by atoms with Crippen LogP contribution in [0.25, 0.3) is 10.2 Å². The van der Waals surface area contributed by atoms with Gasteiger partial charge in [0.05, 0.1) is 12.1 Å². The maximum Gasteiger partial charge on any atom is 0.419 e. The Morgan fingerprint density at radius 2 is 2.04 bits per heavy atom. The molecule has 28 heavy (non-hydrogen) atoms. The lowest BCUT2D eigenvalue weighted by atomic mass is 9.88. The first-order chi connectivity index (χ1) is 13.0. The van der Waals surface area contributed by atoms with Crippen molar-refractivity contribution in [3.63, 3.8) is 0 Å². The number of H-pyrrole nitrogens is 1. The van der Waals surface area contributed by atoms with Gasteiger partial charge >= 0.3 is 6.18 Å². The van der Waals surface area contributed by atoms with Gasteiger partial charge in [0.2, 0.25) is 5.54 Å². The van der Waals surface area contributed by atoms with Gasteiger partial charge in [0.25, 0.3) is 11.5 Å². The summed E-state index contributed by atoms with van der Waals surface area (Å²) in [5, 5.41) is 1.64. The predicted octanol–water partition coefficient (Wildman–Crippen LogP) is 2.50. The molecule has 3 aromatic rings. The molecule has 3 N–H and O–H groups in total. The van der Waals surface area contributed by atoms with Gasteiger partial charge < -0.3 is 15.6 Å². The number of alkyl halides is 3. The van der Waals surface area contributed by atoms with E-state index in [1.165, 1.54) is 0 Å². The normalized spacial score (nSPS) is 14.1. The minimum absolute atomic E-state index is 0.00415. The Labute approximate surface area is 159 Å². The molecule has 0 aliphatic rings. The third-order valence-electron chi connectivity index (χ3n) is 4.16. The number of halogens is 4. The number of rotatable bonds is 4. The van der Waals surface area contributed by atoms with Crippen molar-refractivity contribution in [3.05, 3.63) is 63.3 Å². The molecule has 0 aliphatic heterocycles. The number of benzene rings is 1. The Balaban J connectivity index is 1.97. The van der Waals surface area contributed by atoms with Gasteiger partial charge in [-0.3, -0.25) is 9.59 Å². The number of hydrogen-bond acceptors (Lipinski definition) is 5. The number of nitrogens with one attached hydrogen (secondary N) is 1. The number of aromatic amines is 1. The summed E-state index contributed by atoms with van der Waals surface area (Å²) in [6, 6.07) is 5.06. The summed E-state index contributed by atoms with van der Waals surface area (Å²) in [6.07, 6.45) is -5.19. The summed E-state index contributed by atoms with van der Waals surface area (Å²) in [4.78, 5) is 31.9. The van der Waals surface area contributed by atoms with E-state index in [0.717, 1.165) is 36.6 Å². The Morgan fingerprint density at radius 1 is 1.32 bits per heavy atom. The second-order valence-electron chi connectivity index (χ2n) is 6.12. The molecule has 0 aliphatic carbocycles. The van der Waals surface area contributed by atoms with Crippen LogP contribution in [0.1, 0.15) is 11.4 Å². The zero-order chi connectivity index (χ0) is 20.7. The molecule has 0 saturated heterocycles. The van der Waals surface area contributed by atoms with Crippen molar-refractivity contribution < 1.29 is 22.4 Å². The molecule has 6 nitrogen and oxygen atoms in total. The third kappa shape index (κ3) is 3.38. The Bertz CT molecular complexity index is 1090. The molecule has 2 aromatic heterocycles. The molecule has 0 saturated carbocycles. The first-order valence-electron chi connectivity index (χ1n) is 7.87. The van der Waals surface area contributed by atoms with E-state index in [9.17, 15) is 27.2 Å². The van der Waals surface area contributed by atoms with Crippen LogP contribution in [0.2, 0.25) is 0 Å². The van der Waals surface area contributed by atoms with Crippen LogP contribution in [0.15, 0.2) is 40.5 Å². The van der Waals surface area contributed by atoms with Gasteiger partial charge in [0, 0.05) is 7.05 Å². The molecule has 0 radical (unpaired) electrons. The molecular formula is C17H14F4N4O2S. The highest BCUT2D eigenvalue weighted by Crippen LogP contribution is 2.38. The molecule has 1 aromatic carbocycles. The topological polar surface area (TPSA) is 92.1 Å². The summed E-state index contributed by atoms with van der Waals surface area (Å²) in [5.41, 5.74) is 1.21. The van der Waals surface area contributed by atoms with Crippen molar-refractivity contribution in [1.82, 2.24) is 14.9 Å². The number of carbonyl (C=O) groups is 1. The van der Waals surface area contributed by atoms with Crippen LogP contribution in [0, 0.1) is 5.82 Å². The Kier molecular flexibility index (Phi) is 4.98. The number of nitrogens with two attached hydrogens (primary N) is 1. The molecular weight excluding hydrogens is 400 g/mol. The summed E-state index contributed by atoms with van der Waals surface area (Å²) in [6.45, 7) is -0.426. The van der Waals surface area contributed by atoms with Gasteiger partial charge in [-0.2, -0.15) is 13.2 Å². The van der Waals surface area contributed by atoms with E-state index < -0.39 is 41.1 Å². The highest BCUT2D eigenvalue weighted by molar-refractivity contribution is 7.17. The Morgan fingerprint density at radius 3 is 2.68 bits per heavy atom. The highest BCUT2D eigenvalue weighted by Gasteiger charge is 2.60. The molecule has 0 unspecified atom stereocenters. The van der Waals surface area contributed by atoms with Crippen LogP contribution < -0.4 is 11.3 Å². The number of fused-ring (bicyclic) bond motifs is 1. The summed E-state index contributed by atoms with van der Waals surface area (Å²) in [7, 11) is 1.09. The maximum absolute atomic E-state index is 13.7. The van der Waals surface area contributed by atoms with E-state index in [2.05, 4.69) is 9.97 Å². The minimum Gasteiger partial charge on any atom is -0.336 e. The fourth-order valence-electron chi connectivity index (χ4n) is 2.74. The van der Waals surface area contributed by atoms with Gasteiger partial charge in [-0.25, -0.2) is 9.37 Å². The standard InChI is InChI=1S/C17H14F4N4O2S/c1-25(8-12-23-11-5-6-28-13(11)14(26)24-12)15(27)16(22,17(19,20)21)9-3-2-4-10(18)7-9/h2-7H,8,22H2,1H3,(H,23,24,26)/t16-/m1/s1. The molecule has 0 bridgehead atoms. The van der Waals surface area contributed by atoms with Crippen LogP contribution in [0.4, 0.5) is 17.6 Å². The van der Waals surface area contributed by atoms with Crippen LogP contribution in [0.5, 0.6) is 0 Å². The summed E-state index contributed by atoms with van der Waals surface area (Å²) in [5.74, 6) is -2.48. The smallest absolute Gasteiger partial charge is 0.336 e. The van der Waals surface area contributed by atoms with Crippen molar-refractivity contribution in [2.45, 2.75) is 18.3 Å². The van der Waals surface area contributed by atoms with E-state index in [0.29, 0.717) is 21.2 Å².